The van der Waals surface area contributed by atoms with E-state index < -0.39 is 0 Å². The quantitative estimate of drug-likeness (QED) is 0.354. The molecule has 4 heteroatoms. The minimum atomic E-state index is -0.138. The highest BCUT2D eigenvalue weighted by Gasteiger charge is 2.51. The zero-order chi connectivity index (χ0) is 22.5. The second kappa shape index (κ2) is 8.86. The normalized spacial score (nSPS) is 44.2. The Labute approximate surface area is 199 Å². The lowest BCUT2D eigenvalue weighted by atomic mass is 9.49. The van der Waals surface area contributed by atoms with Crippen LogP contribution in [0.15, 0.2) is 0 Å². The van der Waals surface area contributed by atoms with Crippen LogP contribution in [-0.2, 0) is 19.1 Å². The maximum Gasteiger partial charge on any atom is 0.305 e. The van der Waals surface area contributed by atoms with E-state index in [9.17, 15) is 9.59 Å². The van der Waals surface area contributed by atoms with Crippen LogP contribution in [0.3, 0.4) is 0 Å². The zero-order valence-electron chi connectivity index (χ0n) is 20.5. The van der Waals surface area contributed by atoms with Crippen molar-refractivity contribution in [3.05, 3.63) is 0 Å². The molecule has 4 nitrogen and oxygen atoms in total. The van der Waals surface area contributed by atoms with Crippen molar-refractivity contribution >= 4 is 11.9 Å². The summed E-state index contributed by atoms with van der Waals surface area (Å²) >= 11 is 0. The molecular weight excluding hydrogens is 412 g/mol. The van der Waals surface area contributed by atoms with Crippen molar-refractivity contribution in [1.82, 2.24) is 0 Å². The molecule has 0 atom stereocenters. The van der Waals surface area contributed by atoms with Gasteiger partial charge in [-0.15, -0.1) is 0 Å². The highest BCUT2D eigenvalue weighted by molar-refractivity contribution is 5.72. The zero-order valence-corrected chi connectivity index (χ0v) is 20.5. The average Bonchev–Trinajstić information content (AvgIpc) is 2.71. The molecule has 8 bridgehead atoms. The summed E-state index contributed by atoms with van der Waals surface area (Å²) < 4.78 is 11.2. The molecule has 0 saturated heterocycles. The first-order valence-corrected chi connectivity index (χ1v) is 14.3. The van der Waals surface area contributed by atoms with Gasteiger partial charge in [0.2, 0.25) is 0 Å². The predicted molar refractivity (Wildman–Crippen MR) is 126 cm³/mol. The fourth-order valence-electron chi connectivity index (χ4n) is 10.5. The van der Waals surface area contributed by atoms with E-state index in [4.69, 9.17) is 9.47 Å². The van der Waals surface area contributed by atoms with Gasteiger partial charge in [0.1, 0.15) is 0 Å². The molecule has 0 N–H and O–H groups in total. The topological polar surface area (TPSA) is 52.6 Å². The largest absolute Gasteiger partial charge is 0.466 e. The Bertz CT molecular complexity index is 622. The third-order valence-corrected chi connectivity index (χ3v) is 10.9. The molecule has 0 heterocycles. The van der Waals surface area contributed by atoms with Gasteiger partial charge in [0.25, 0.3) is 0 Å². The molecule has 0 spiro atoms. The third kappa shape index (κ3) is 4.87. The maximum absolute atomic E-state index is 12.2. The molecule has 8 saturated carbocycles. The first kappa shape index (κ1) is 22.4. The van der Waals surface area contributed by atoms with Gasteiger partial charge in [-0.2, -0.15) is 0 Å². The van der Waals surface area contributed by atoms with Gasteiger partial charge in [-0.05, 0) is 143 Å². The number of esters is 2. The van der Waals surface area contributed by atoms with E-state index in [0.717, 1.165) is 48.3 Å². The van der Waals surface area contributed by atoms with E-state index in [-0.39, 0.29) is 11.9 Å². The minimum absolute atomic E-state index is 0.138. The van der Waals surface area contributed by atoms with Crippen molar-refractivity contribution in [2.45, 2.75) is 109 Å². The van der Waals surface area contributed by atoms with Gasteiger partial charge in [-0.1, -0.05) is 0 Å². The van der Waals surface area contributed by atoms with Gasteiger partial charge >= 0.3 is 11.9 Å². The number of ether oxygens (including phenoxy) is 2. The van der Waals surface area contributed by atoms with Crippen molar-refractivity contribution in [2.75, 3.05) is 13.2 Å². The van der Waals surface area contributed by atoms with Gasteiger partial charge in [-0.3, -0.25) is 9.59 Å². The first-order chi connectivity index (χ1) is 16.0. The van der Waals surface area contributed by atoms with Gasteiger partial charge in [0.05, 0.1) is 13.2 Å². The second-order valence-electron chi connectivity index (χ2n) is 13.6. The number of hydrogen-bond donors (Lipinski definition) is 0. The van der Waals surface area contributed by atoms with Gasteiger partial charge in [-0.25, -0.2) is 0 Å². The van der Waals surface area contributed by atoms with E-state index in [0.29, 0.717) is 43.3 Å². The number of carbonyl (C=O) groups is 2. The standard InChI is InChI=1S/C29H44O4/c30-26(32-6-4-28-14-20-8-21(15-28)10-22(9-20)16-28)2-1-3-27(31)33-7-5-29-17-23-11-24(18-29)13-25(12-23)19-29/h20-25H,1-19H2. The Hall–Kier alpha value is -1.06. The van der Waals surface area contributed by atoms with Crippen molar-refractivity contribution < 1.29 is 19.1 Å². The molecule has 0 aliphatic heterocycles. The van der Waals surface area contributed by atoms with Crippen LogP contribution in [-0.4, -0.2) is 25.2 Å². The number of carbonyl (C=O) groups excluding carboxylic acids is 2. The summed E-state index contributed by atoms with van der Waals surface area (Å²) in [4.78, 5) is 24.4. The molecule has 0 unspecified atom stereocenters. The van der Waals surface area contributed by atoms with E-state index in [1.54, 1.807) is 0 Å². The second-order valence-corrected chi connectivity index (χ2v) is 13.6. The van der Waals surface area contributed by atoms with Crippen LogP contribution >= 0.6 is 0 Å². The van der Waals surface area contributed by atoms with Gasteiger partial charge < -0.3 is 9.47 Å². The van der Waals surface area contributed by atoms with Crippen molar-refractivity contribution in [3.8, 4) is 0 Å². The van der Waals surface area contributed by atoms with E-state index in [1.165, 1.54) is 77.0 Å². The summed E-state index contributed by atoms with van der Waals surface area (Å²) in [6.45, 7) is 1.14. The van der Waals surface area contributed by atoms with Crippen molar-refractivity contribution in [2.24, 2.45) is 46.3 Å². The van der Waals surface area contributed by atoms with E-state index >= 15 is 0 Å². The van der Waals surface area contributed by atoms with E-state index in [1.807, 2.05) is 0 Å². The Morgan fingerprint density at radius 1 is 0.545 bits per heavy atom. The van der Waals surface area contributed by atoms with Crippen LogP contribution in [0.4, 0.5) is 0 Å². The maximum atomic E-state index is 12.2. The third-order valence-electron chi connectivity index (χ3n) is 10.9. The average molecular weight is 457 g/mol. The molecule has 0 aromatic heterocycles. The molecule has 8 rings (SSSR count). The first-order valence-electron chi connectivity index (χ1n) is 14.3. The molecule has 184 valence electrons. The molecule has 0 radical (unpaired) electrons. The summed E-state index contributed by atoms with van der Waals surface area (Å²) in [5.41, 5.74) is 0.936. The predicted octanol–water partition coefficient (Wildman–Crippen LogP) is 6.46. The fourth-order valence-corrected chi connectivity index (χ4v) is 10.5. The fraction of sp³-hybridized carbons (Fsp3) is 0.931. The monoisotopic (exact) mass is 456 g/mol. The Kier molecular flexibility index (Phi) is 6.02. The SMILES string of the molecule is O=C(CCCC(=O)OCCC12CC3CC(CC(C3)C1)C2)OCCC12CC3CC(CC(C3)C1)C2. The smallest absolute Gasteiger partial charge is 0.305 e. The Morgan fingerprint density at radius 2 is 0.848 bits per heavy atom. The Balaban J connectivity index is 0.846. The molecule has 8 fully saturated rings. The summed E-state index contributed by atoms with van der Waals surface area (Å²) in [7, 11) is 0. The molecule has 0 aromatic carbocycles. The van der Waals surface area contributed by atoms with Crippen LogP contribution < -0.4 is 0 Å². The highest BCUT2D eigenvalue weighted by atomic mass is 16.5. The lowest BCUT2D eigenvalue weighted by molar-refractivity contribution is -0.147. The molecule has 33 heavy (non-hydrogen) atoms. The molecule has 0 aromatic rings. The molecule has 8 aliphatic carbocycles. The van der Waals surface area contributed by atoms with Crippen molar-refractivity contribution in [1.29, 1.82) is 0 Å². The lowest BCUT2D eigenvalue weighted by Gasteiger charge is -2.57. The minimum Gasteiger partial charge on any atom is -0.466 e. The molecular formula is C29H44O4. The van der Waals surface area contributed by atoms with E-state index in [2.05, 4.69) is 0 Å². The molecule has 0 amide bonds. The van der Waals surface area contributed by atoms with Gasteiger partial charge in [0, 0.05) is 12.8 Å². The summed E-state index contributed by atoms with van der Waals surface area (Å²) in [5.74, 6) is 5.40. The van der Waals surface area contributed by atoms with Crippen LogP contribution in [0.1, 0.15) is 109 Å². The Morgan fingerprint density at radius 3 is 1.15 bits per heavy atom. The van der Waals surface area contributed by atoms with Crippen LogP contribution in [0.5, 0.6) is 0 Å². The van der Waals surface area contributed by atoms with Crippen LogP contribution in [0.2, 0.25) is 0 Å². The number of hydrogen-bond acceptors (Lipinski definition) is 4. The van der Waals surface area contributed by atoms with Gasteiger partial charge in [0.15, 0.2) is 0 Å². The lowest BCUT2D eigenvalue weighted by Crippen LogP contribution is -2.46. The summed E-state index contributed by atoms with van der Waals surface area (Å²) in [5, 5.41) is 0. The van der Waals surface area contributed by atoms with Crippen LogP contribution in [0, 0.1) is 46.3 Å². The van der Waals surface area contributed by atoms with Crippen molar-refractivity contribution in [3.63, 3.8) is 0 Å². The van der Waals surface area contributed by atoms with Crippen LogP contribution in [0.25, 0.3) is 0 Å². The summed E-state index contributed by atoms with van der Waals surface area (Å²) in [6, 6.07) is 0. The number of rotatable bonds is 10. The molecule has 8 aliphatic rings. The highest BCUT2D eigenvalue weighted by Crippen LogP contribution is 2.62. The summed E-state index contributed by atoms with van der Waals surface area (Å²) in [6.07, 6.45) is 20.3.